The highest BCUT2D eigenvalue weighted by Gasteiger charge is 2.20. The topological polar surface area (TPSA) is 70.5 Å². The first kappa shape index (κ1) is 14.2. The largest absolute Gasteiger partial charge is 0.480 e. The van der Waals surface area contributed by atoms with Crippen LogP contribution >= 0.6 is 15.9 Å². The van der Waals surface area contributed by atoms with E-state index in [1.165, 1.54) is 11.1 Å². The minimum atomic E-state index is -1.08. The molecule has 2 rings (SSSR count). The van der Waals surface area contributed by atoms with Crippen LogP contribution in [0.4, 0.5) is 5.69 Å². The Bertz CT molecular complexity index is 614. The maximum Gasteiger partial charge on any atom is 0.323 e. The molecule has 5 nitrogen and oxygen atoms in total. The molecule has 0 saturated carbocycles. The van der Waals surface area contributed by atoms with Crippen LogP contribution in [0, 0.1) is 0 Å². The summed E-state index contributed by atoms with van der Waals surface area (Å²) >= 11 is 3.19. The first-order chi connectivity index (χ1) is 9.58. The standard InChI is InChI=1S/C14H11BrN2O3/c15-12-7-6-10(8-16-12)14(20)17(9-13(18)19)11-4-2-1-3-5-11/h1-8H,9H2,(H,18,19). The Labute approximate surface area is 124 Å². The van der Waals surface area contributed by atoms with E-state index in [2.05, 4.69) is 20.9 Å². The molecule has 0 radical (unpaired) electrons. The lowest BCUT2D eigenvalue weighted by Gasteiger charge is -2.20. The second-order valence-electron chi connectivity index (χ2n) is 3.99. The van der Waals surface area contributed by atoms with E-state index in [-0.39, 0.29) is 0 Å². The van der Waals surface area contributed by atoms with Crippen LogP contribution in [-0.2, 0) is 4.79 Å². The lowest BCUT2D eigenvalue weighted by molar-refractivity contribution is -0.135. The third kappa shape index (κ3) is 3.42. The fraction of sp³-hybridized carbons (Fsp3) is 0.0714. The number of rotatable bonds is 4. The maximum atomic E-state index is 12.4. The Balaban J connectivity index is 2.34. The van der Waals surface area contributed by atoms with Gasteiger partial charge in [0.25, 0.3) is 5.91 Å². The molecule has 0 spiro atoms. The van der Waals surface area contributed by atoms with E-state index in [1.54, 1.807) is 42.5 Å². The van der Waals surface area contributed by atoms with Gasteiger partial charge in [-0.25, -0.2) is 4.98 Å². The third-order valence-electron chi connectivity index (χ3n) is 2.58. The summed E-state index contributed by atoms with van der Waals surface area (Å²) in [7, 11) is 0. The van der Waals surface area contributed by atoms with Crippen LogP contribution in [0.25, 0.3) is 0 Å². The average molecular weight is 335 g/mol. The molecule has 102 valence electrons. The lowest BCUT2D eigenvalue weighted by atomic mass is 10.2. The van der Waals surface area contributed by atoms with Gasteiger partial charge in [0.05, 0.1) is 5.56 Å². The summed E-state index contributed by atoms with van der Waals surface area (Å²) in [4.78, 5) is 28.5. The van der Waals surface area contributed by atoms with Crippen molar-refractivity contribution in [1.29, 1.82) is 0 Å². The number of amides is 1. The zero-order valence-corrected chi connectivity index (χ0v) is 11.9. The van der Waals surface area contributed by atoms with E-state index in [0.29, 0.717) is 15.9 Å². The van der Waals surface area contributed by atoms with Gasteiger partial charge in [0.2, 0.25) is 0 Å². The van der Waals surface area contributed by atoms with Gasteiger partial charge in [0.15, 0.2) is 0 Å². The Morgan fingerprint density at radius 1 is 1.15 bits per heavy atom. The van der Waals surface area contributed by atoms with Crippen LogP contribution in [0.3, 0.4) is 0 Å². The minimum Gasteiger partial charge on any atom is -0.480 e. The summed E-state index contributed by atoms with van der Waals surface area (Å²) in [6.45, 7) is -0.404. The Hall–Kier alpha value is -2.21. The molecule has 1 aromatic heterocycles. The number of anilines is 1. The predicted octanol–water partition coefficient (Wildman–Crippen LogP) is 2.58. The quantitative estimate of drug-likeness (QED) is 0.872. The van der Waals surface area contributed by atoms with E-state index >= 15 is 0 Å². The molecule has 0 fully saturated rings. The Morgan fingerprint density at radius 2 is 1.85 bits per heavy atom. The second kappa shape index (κ2) is 6.29. The molecular weight excluding hydrogens is 324 g/mol. The molecule has 0 atom stereocenters. The molecule has 1 amide bonds. The van der Waals surface area contributed by atoms with Crippen molar-refractivity contribution in [3.05, 3.63) is 58.8 Å². The van der Waals surface area contributed by atoms with E-state index in [0.717, 1.165) is 0 Å². The minimum absolute atomic E-state index is 0.332. The fourth-order valence-electron chi connectivity index (χ4n) is 1.68. The van der Waals surface area contributed by atoms with Crippen molar-refractivity contribution in [1.82, 2.24) is 4.98 Å². The first-order valence-corrected chi connectivity index (χ1v) is 6.57. The molecule has 0 aliphatic carbocycles. The van der Waals surface area contributed by atoms with Crippen LogP contribution in [-0.4, -0.2) is 28.5 Å². The van der Waals surface area contributed by atoms with E-state index in [9.17, 15) is 9.59 Å². The van der Waals surface area contributed by atoms with Crippen molar-refractivity contribution in [2.24, 2.45) is 0 Å². The van der Waals surface area contributed by atoms with E-state index in [4.69, 9.17) is 5.11 Å². The van der Waals surface area contributed by atoms with Crippen molar-refractivity contribution in [3.63, 3.8) is 0 Å². The van der Waals surface area contributed by atoms with Crippen LogP contribution in [0.15, 0.2) is 53.3 Å². The molecule has 6 heteroatoms. The zero-order valence-electron chi connectivity index (χ0n) is 10.4. The Kier molecular flexibility index (Phi) is 4.47. The van der Waals surface area contributed by atoms with Gasteiger partial charge in [0, 0.05) is 11.9 Å². The highest BCUT2D eigenvalue weighted by molar-refractivity contribution is 9.10. The Morgan fingerprint density at radius 3 is 2.40 bits per heavy atom. The number of nitrogens with zero attached hydrogens (tertiary/aromatic N) is 2. The first-order valence-electron chi connectivity index (χ1n) is 5.78. The number of aliphatic carboxylic acids is 1. The molecular formula is C14H11BrN2O3. The summed E-state index contributed by atoms with van der Waals surface area (Å²) < 4.78 is 0.610. The van der Waals surface area contributed by atoms with Crippen molar-refractivity contribution >= 4 is 33.5 Å². The number of carbonyl (C=O) groups excluding carboxylic acids is 1. The molecule has 0 saturated heterocycles. The van der Waals surface area contributed by atoms with E-state index < -0.39 is 18.4 Å². The molecule has 20 heavy (non-hydrogen) atoms. The molecule has 0 unspecified atom stereocenters. The number of carbonyl (C=O) groups is 2. The van der Waals surface area contributed by atoms with Crippen LogP contribution < -0.4 is 4.90 Å². The number of aromatic nitrogens is 1. The SMILES string of the molecule is O=C(O)CN(C(=O)c1ccc(Br)nc1)c1ccccc1. The van der Waals surface area contributed by atoms with Crippen molar-refractivity contribution in [2.45, 2.75) is 0 Å². The molecule has 0 aliphatic heterocycles. The summed E-state index contributed by atoms with van der Waals surface area (Å²) in [5, 5.41) is 8.97. The van der Waals surface area contributed by atoms with Gasteiger partial charge in [-0.05, 0) is 40.2 Å². The van der Waals surface area contributed by atoms with Gasteiger partial charge in [-0.3, -0.25) is 14.5 Å². The van der Waals surface area contributed by atoms with Crippen LogP contribution in [0.2, 0.25) is 0 Å². The van der Waals surface area contributed by atoms with Crippen molar-refractivity contribution < 1.29 is 14.7 Å². The van der Waals surface area contributed by atoms with Gasteiger partial charge in [-0.1, -0.05) is 18.2 Å². The summed E-state index contributed by atoms with van der Waals surface area (Å²) in [5.41, 5.74) is 0.862. The van der Waals surface area contributed by atoms with Gasteiger partial charge in [-0.15, -0.1) is 0 Å². The normalized spacial score (nSPS) is 10.1. The molecule has 0 aliphatic rings. The number of halogens is 1. The summed E-state index contributed by atoms with van der Waals surface area (Å²) in [6, 6.07) is 11.9. The number of hydrogen-bond donors (Lipinski definition) is 1. The molecule has 2 aromatic rings. The lowest BCUT2D eigenvalue weighted by Crippen LogP contribution is -2.35. The predicted molar refractivity (Wildman–Crippen MR) is 77.7 cm³/mol. The van der Waals surface area contributed by atoms with Gasteiger partial charge >= 0.3 is 5.97 Å². The highest BCUT2D eigenvalue weighted by Crippen LogP contribution is 2.17. The summed E-state index contributed by atoms with van der Waals surface area (Å²) in [6.07, 6.45) is 1.41. The third-order valence-corrected chi connectivity index (χ3v) is 3.05. The average Bonchev–Trinajstić information content (AvgIpc) is 2.45. The molecule has 1 heterocycles. The number of pyridine rings is 1. The number of carboxylic acids is 1. The molecule has 1 aromatic carbocycles. The monoisotopic (exact) mass is 334 g/mol. The van der Waals surface area contributed by atoms with Crippen LogP contribution in [0.5, 0.6) is 0 Å². The van der Waals surface area contributed by atoms with Gasteiger partial charge < -0.3 is 5.11 Å². The number of benzene rings is 1. The van der Waals surface area contributed by atoms with E-state index in [1.807, 2.05) is 0 Å². The number of para-hydroxylation sites is 1. The van der Waals surface area contributed by atoms with Crippen LogP contribution in [0.1, 0.15) is 10.4 Å². The highest BCUT2D eigenvalue weighted by atomic mass is 79.9. The molecule has 0 bridgehead atoms. The number of carboxylic acid groups (broad SMARTS) is 1. The maximum absolute atomic E-state index is 12.4. The van der Waals surface area contributed by atoms with Gasteiger partial charge in [0.1, 0.15) is 11.1 Å². The second-order valence-corrected chi connectivity index (χ2v) is 4.80. The molecule has 1 N–H and O–H groups in total. The van der Waals surface area contributed by atoms with Crippen molar-refractivity contribution in [3.8, 4) is 0 Å². The van der Waals surface area contributed by atoms with Gasteiger partial charge in [-0.2, -0.15) is 0 Å². The smallest absolute Gasteiger partial charge is 0.323 e. The fourth-order valence-corrected chi connectivity index (χ4v) is 1.92. The number of hydrogen-bond acceptors (Lipinski definition) is 3. The summed E-state index contributed by atoms with van der Waals surface area (Å²) in [5.74, 6) is -1.48. The van der Waals surface area contributed by atoms with Crippen molar-refractivity contribution in [2.75, 3.05) is 11.4 Å². The zero-order chi connectivity index (χ0) is 14.5.